The molecule has 2 aliphatic carbocycles. The van der Waals surface area contributed by atoms with Crippen LogP contribution in [-0.4, -0.2) is 94.1 Å². The summed E-state index contributed by atoms with van der Waals surface area (Å²) < 4.78 is 3.14. The van der Waals surface area contributed by atoms with Gasteiger partial charge in [0.25, 0.3) is 5.91 Å². The molecule has 0 radical (unpaired) electrons. The molecule has 7 heterocycles. The fourth-order valence-corrected chi connectivity index (χ4v) is 10.1. The third-order valence-corrected chi connectivity index (χ3v) is 13.5. The van der Waals surface area contributed by atoms with E-state index in [1.54, 1.807) is 11.6 Å². The van der Waals surface area contributed by atoms with Crippen molar-refractivity contribution in [1.82, 2.24) is 34.6 Å². The molecule has 3 amide bonds. The number of hydrogen-bond acceptors (Lipinski definition) is 8. The summed E-state index contributed by atoms with van der Waals surface area (Å²) in [4.78, 5) is 66.5. The fraction of sp³-hybridized carbons (Fsp3) is 0.419. The van der Waals surface area contributed by atoms with E-state index in [2.05, 4.69) is 66.7 Å². The maximum absolute atomic E-state index is 13.2. The SMILES string of the molecule is Cn1c(=O)n(C2CCC(=O)NC2=O)c2ccc(N3CC(CN4CCN(c5ccc(-c6cc7c(cn6)CCc6c-7[nH]c7c6C(=O)NCC76CC6)cc5)CC4)C3)cc21. The number of rotatable bonds is 6. The van der Waals surface area contributed by atoms with Crippen LogP contribution < -0.4 is 26.1 Å². The highest BCUT2D eigenvalue weighted by Crippen LogP contribution is 2.53. The molecule has 2 aromatic carbocycles. The number of piperidine rings is 1. The average Bonchev–Trinajstić information content (AvgIpc) is 3.80. The Bertz CT molecular complexity index is 2530. The van der Waals surface area contributed by atoms with E-state index in [9.17, 15) is 19.2 Å². The van der Waals surface area contributed by atoms with Crippen LogP contribution in [0.15, 0.2) is 59.5 Å². The van der Waals surface area contributed by atoms with E-state index in [-0.39, 0.29) is 29.3 Å². The summed E-state index contributed by atoms with van der Waals surface area (Å²) in [6.45, 7) is 7.75. The first-order valence-electron chi connectivity index (χ1n) is 20.1. The number of fused-ring (bicyclic) bond motifs is 7. The van der Waals surface area contributed by atoms with E-state index < -0.39 is 11.9 Å². The minimum Gasteiger partial charge on any atom is -0.371 e. The quantitative estimate of drug-likeness (QED) is 0.224. The molecule has 1 spiro atoms. The van der Waals surface area contributed by atoms with E-state index in [0.717, 1.165) is 117 Å². The molecule has 6 aliphatic rings. The van der Waals surface area contributed by atoms with Gasteiger partial charge >= 0.3 is 5.69 Å². The summed E-state index contributed by atoms with van der Waals surface area (Å²) in [6.07, 6.45) is 6.61. The summed E-state index contributed by atoms with van der Waals surface area (Å²) in [7, 11) is 1.74. The zero-order valence-electron chi connectivity index (χ0n) is 31.6. The molecular formula is C43H45N9O4. The van der Waals surface area contributed by atoms with Gasteiger partial charge in [0.2, 0.25) is 11.8 Å². The molecule has 56 heavy (non-hydrogen) atoms. The van der Waals surface area contributed by atoms with Crippen LogP contribution in [0.3, 0.4) is 0 Å². The number of anilines is 2. The highest BCUT2D eigenvalue weighted by Gasteiger charge is 2.51. The molecule has 0 bridgehead atoms. The molecule has 3 aromatic heterocycles. The van der Waals surface area contributed by atoms with Gasteiger partial charge in [0.05, 0.1) is 28.0 Å². The highest BCUT2D eigenvalue weighted by molar-refractivity contribution is 6.02. The van der Waals surface area contributed by atoms with Crippen molar-refractivity contribution in [2.24, 2.45) is 13.0 Å². The zero-order valence-corrected chi connectivity index (χ0v) is 31.6. The molecule has 3 saturated heterocycles. The van der Waals surface area contributed by atoms with Gasteiger partial charge in [-0.3, -0.25) is 38.7 Å². The van der Waals surface area contributed by atoms with Crippen LogP contribution in [0, 0.1) is 5.92 Å². The third kappa shape index (κ3) is 5.26. The molecule has 11 rings (SSSR count). The van der Waals surface area contributed by atoms with Crippen molar-refractivity contribution in [3.05, 3.63) is 87.6 Å². The Kier molecular flexibility index (Phi) is 7.45. The topological polar surface area (TPSA) is 141 Å². The molecule has 4 fully saturated rings. The maximum atomic E-state index is 13.2. The number of benzene rings is 2. The van der Waals surface area contributed by atoms with Gasteiger partial charge in [-0.05, 0) is 79.6 Å². The van der Waals surface area contributed by atoms with Crippen LogP contribution in [0.25, 0.3) is 33.5 Å². The van der Waals surface area contributed by atoms with Crippen LogP contribution in [0.4, 0.5) is 11.4 Å². The van der Waals surface area contributed by atoms with Crippen molar-refractivity contribution in [3.63, 3.8) is 0 Å². The molecule has 1 saturated carbocycles. The molecule has 1 atom stereocenters. The number of nitrogens with zero attached hydrogens (tertiary/aromatic N) is 6. The van der Waals surface area contributed by atoms with Crippen molar-refractivity contribution in [2.45, 2.75) is 50.0 Å². The van der Waals surface area contributed by atoms with Gasteiger partial charge in [-0.1, -0.05) is 12.1 Å². The second kappa shape index (κ2) is 12.4. The Morgan fingerprint density at radius 1 is 0.857 bits per heavy atom. The number of pyridine rings is 1. The summed E-state index contributed by atoms with van der Waals surface area (Å²) >= 11 is 0. The fourth-order valence-electron chi connectivity index (χ4n) is 10.1. The number of imidazole rings is 1. The van der Waals surface area contributed by atoms with Crippen LogP contribution in [0.1, 0.15) is 58.9 Å². The van der Waals surface area contributed by atoms with E-state index in [4.69, 9.17) is 4.98 Å². The molecule has 13 nitrogen and oxygen atoms in total. The molecule has 286 valence electrons. The largest absolute Gasteiger partial charge is 0.371 e. The van der Waals surface area contributed by atoms with Crippen molar-refractivity contribution >= 4 is 40.1 Å². The smallest absolute Gasteiger partial charge is 0.329 e. The molecule has 13 heteroatoms. The first kappa shape index (κ1) is 33.6. The lowest BCUT2D eigenvalue weighted by molar-refractivity contribution is -0.135. The van der Waals surface area contributed by atoms with Crippen molar-refractivity contribution < 1.29 is 14.4 Å². The number of amides is 3. The van der Waals surface area contributed by atoms with Gasteiger partial charge in [-0.2, -0.15) is 0 Å². The van der Waals surface area contributed by atoms with E-state index in [1.807, 2.05) is 18.3 Å². The Labute approximate surface area is 323 Å². The molecular weight excluding hydrogens is 707 g/mol. The van der Waals surface area contributed by atoms with Crippen LogP contribution in [-0.2, 0) is 34.9 Å². The predicted molar refractivity (Wildman–Crippen MR) is 213 cm³/mol. The minimum absolute atomic E-state index is 0.0716. The van der Waals surface area contributed by atoms with Gasteiger partial charge in [-0.15, -0.1) is 0 Å². The first-order chi connectivity index (χ1) is 27.2. The number of piperazine rings is 1. The number of H-pyrrole nitrogens is 1. The van der Waals surface area contributed by atoms with Gasteiger partial charge in [-0.25, -0.2) is 4.79 Å². The lowest BCUT2D eigenvalue weighted by atomic mass is 9.86. The average molecular weight is 752 g/mol. The number of aromatic amines is 1. The third-order valence-electron chi connectivity index (χ3n) is 13.5. The number of nitrogens with one attached hydrogen (secondary N) is 3. The van der Waals surface area contributed by atoms with Crippen LogP contribution >= 0.6 is 0 Å². The minimum atomic E-state index is -0.678. The molecule has 4 aliphatic heterocycles. The van der Waals surface area contributed by atoms with Crippen LogP contribution in [0.2, 0.25) is 0 Å². The lowest BCUT2D eigenvalue weighted by Gasteiger charge is -2.45. The Morgan fingerprint density at radius 3 is 2.41 bits per heavy atom. The summed E-state index contributed by atoms with van der Waals surface area (Å²) in [5.41, 5.74) is 12.5. The van der Waals surface area contributed by atoms with Gasteiger partial charge in [0, 0.05) is 112 Å². The standard InChI is InChI=1S/C43H45N9O4/c1-48-35-18-29(7-9-33(35)52(42(48)56)34-10-11-36(53)46-40(34)54)51-22-25(23-51)21-49-14-16-50(17-15-49)28-5-2-26(3-6-28)32-19-31-27(20-44-32)4-8-30-37-39(47-38(30)31)43(12-13-43)24-45-41(37)55/h2-3,5-7,9,18-20,25,34,47H,4,8,10-17,21-24H2,1H3,(H,45,55)(H,46,53,54). The Hall–Kier alpha value is -5.69. The van der Waals surface area contributed by atoms with Crippen molar-refractivity contribution in [2.75, 3.05) is 62.2 Å². The summed E-state index contributed by atoms with van der Waals surface area (Å²) in [5, 5.41) is 5.54. The van der Waals surface area contributed by atoms with Crippen molar-refractivity contribution in [1.29, 1.82) is 0 Å². The Balaban J connectivity index is 0.712. The Morgan fingerprint density at radius 2 is 1.64 bits per heavy atom. The number of aryl methyl sites for hydroxylation is 2. The van der Waals surface area contributed by atoms with E-state index in [1.165, 1.54) is 26.9 Å². The maximum Gasteiger partial charge on any atom is 0.329 e. The van der Waals surface area contributed by atoms with Gasteiger partial charge < -0.3 is 20.1 Å². The summed E-state index contributed by atoms with van der Waals surface area (Å²) in [5.74, 6) is -0.0524. The zero-order chi connectivity index (χ0) is 37.9. The molecule has 1 unspecified atom stereocenters. The number of aromatic nitrogens is 4. The number of carbonyl (C=O) groups excluding carboxylic acids is 3. The second-order valence-electron chi connectivity index (χ2n) is 16.9. The lowest BCUT2D eigenvalue weighted by Crippen LogP contribution is -2.55. The van der Waals surface area contributed by atoms with Gasteiger partial charge in [0.15, 0.2) is 0 Å². The second-order valence-corrected chi connectivity index (χ2v) is 16.9. The highest BCUT2D eigenvalue weighted by atomic mass is 16.2. The van der Waals surface area contributed by atoms with Gasteiger partial charge in [0.1, 0.15) is 6.04 Å². The number of hydrogen-bond donors (Lipinski definition) is 3. The number of carbonyl (C=O) groups is 3. The van der Waals surface area contributed by atoms with Crippen LogP contribution in [0.5, 0.6) is 0 Å². The number of imide groups is 1. The predicted octanol–water partition coefficient (Wildman–Crippen LogP) is 3.51. The normalized spacial score (nSPS) is 21.7. The first-order valence-corrected chi connectivity index (χ1v) is 20.1. The molecule has 3 N–H and O–H groups in total. The van der Waals surface area contributed by atoms with E-state index >= 15 is 0 Å². The van der Waals surface area contributed by atoms with Crippen molar-refractivity contribution in [3.8, 4) is 22.5 Å². The molecule has 5 aromatic rings. The monoisotopic (exact) mass is 751 g/mol. The summed E-state index contributed by atoms with van der Waals surface area (Å²) in [6, 6.07) is 16.4. The van der Waals surface area contributed by atoms with E-state index in [0.29, 0.717) is 17.9 Å².